The van der Waals surface area contributed by atoms with Gasteiger partial charge in [0.15, 0.2) is 0 Å². The van der Waals surface area contributed by atoms with Gasteiger partial charge in [-0.05, 0) is 0 Å². The van der Waals surface area contributed by atoms with E-state index in [0.717, 1.165) is 22.2 Å². The van der Waals surface area contributed by atoms with Crippen LogP contribution in [0.5, 0.6) is 5.75 Å². The van der Waals surface area contributed by atoms with E-state index < -0.39 is 0 Å². The average molecular weight is 420 g/mol. The number of benzene rings is 2. The molecule has 3 aromatic rings. The van der Waals surface area contributed by atoms with Crippen molar-refractivity contribution < 1.29 is 14.3 Å². The predicted molar refractivity (Wildman–Crippen MR) is 98.9 cm³/mol. The van der Waals surface area contributed by atoms with Gasteiger partial charge in [0, 0.05) is 0 Å². The normalized spacial score (nSPS) is 10.8. The molecule has 0 aliphatic rings. The van der Waals surface area contributed by atoms with Crippen LogP contribution in [0.1, 0.15) is 21.6 Å². The zero-order chi connectivity index (χ0) is 18.1. The van der Waals surface area contributed by atoms with Gasteiger partial charge in [-0.25, -0.2) is 0 Å². The van der Waals surface area contributed by atoms with Crippen LogP contribution < -0.4 is 4.74 Å². The Balaban J connectivity index is 2.23. The zero-order valence-corrected chi connectivity index (χ0v) is 16.2. The van der Waals surface area contributed by atoms with Gasteiger partial charge < -0.3 is 0 Å². The van der Waals surface area contributed by atoms with E-state index in [9.17, 15) is 9.59 Å². The Bertz CT molecular complexity index is 976. The molecule has 127 valence electrons. The summed E-state index contributed by atoms with van der Waals surface area (Å²) in [6.07, 6.45) is 0.219. The third-order valence-electron chi connectivity index (χ3n) is 4.16. The summed E-state index contributed by atoms with van der Waals surface area (Å²) >= 11 is 8.42. The van der Waals surface area contributed by atoms with Crippen LogP contribution in [-0.2, 0) is 11.2 Å². The molecule has 0 aliphatic heterocycles. The molecule has 1 radical (unpaired) electrons. The van der Waals surface area contributed by atoms with E-state index in [2.05, 4.69) is 16.0 Å². The van der Waals surface area contributed by atoms with E-state index in [1.807, 2.05) is 19.1 Å². The first-order chi connectivity index (χ1) is 11.9. The molecule has 0 saturated heterocycles. The molecule has 0 amide bonds. The monoisotopic (exact) mass is 420 g/mol. The number of halogens is 1. The van der Waals surface area contributed by atoms with Crippen molar-refractivity contribution in [1.82, 2.24) is 4.57 Å². The summed E-state index contributed by atoms with van der Waals surface area (Å²) in [6.45, 7) is 1.85. The molecule has 0 aliphatic carbocycles. The molecule has 0 saturated carbocycles. The van der Waals surface area contributed by atoms with Gasteiger partial charge in [-0.15, -0.1) is 0 Å². The Labute approximate surface area is 158 Å². The van der Waals surface area contributed by atoms with Crippen molar-refractivity contribution in [1.29, 1.82) is 0 Å². The number of carbonyl (C=O) groups is 2. The fraction of sp³-hybridized carbons (Fsp3) is 0.158. The van der Waals surface area contributed by atoms with Crippen LogP contribution in [0.25, 0.3) is 10.9 Å². The number of rotatable bonds is 4. The molecule has 3 rings (SSSR count). The Morgan fingerprint density at radius 2 is 1.84 bits per heavy atom. The Kier molecular flexibility index (Phi) is 5.00. The van der Waals surface area contributed by atoms with Crippen LogP contribution in [0, 0.1) is 6.92 Å². The summed E-state index contributed by atoms with van der Waals surface area (Å²) < 4.78 is 6.84. The summed E-state index contributed by atoms with van der Waals surface area (Å²) in [6, 6.07) is 12.2. The number of aromatic nitrogens is 1. The third kappa shape index (κ3) is 3.36. The van der Waals surface area contributed by atoms with Crippen molar-refractivity contribution in [2.75, 3.05) is 7.11 Å². The van der Waals surface area contributed by atoms with Gasteiger partial charge in [0.05, 0.1) is 0 Å². The second-order valence-corrected chi connectivity index (χ2v) is 7.04. The molecule has 25 heavy (non-hydrogen) atoms. The standard InChI is InChI=1S/C19H15ClNO3Se/c1-11-15(10-18(22)25)16-9-14(24-2)7-8-17(16)21(11)19(23)12-3-5-13(20)6-4-12/h3-9H,10H2,1-2H3. The summed E-state index contributed by atoms with van der Waals surface area (Å²) in [5.41, 5.74) is 2.84. The molecule has 2 aromatic carbocycles. The van der Waals surface area contributed by atoms with Gasteiger partial charge in [-0.3, -0.25) is 0 Å². The number of ether oxygens (including phenoxy) is 1. The number of methoxy groups -OCH3 is 1. The molecule has 0 atom stereocenters. The first kappa shape index (κ1) is 17.7. The number of fused-ring (bicyclic) bond motifs is 1. The quantitative estimate of drug-likeness (QED) is 0.608. The topological polar surface area (TPSA) is 48.3 Å². The number of nitrogens with zero attached hydrogens (tertiary/aromatic N) is 1. The van der Waals surface area contributed by atoms with E-state index in [4.69, 9.17) is 16.3 Å². The second-order valence-electron chi connectivity index (χ2n) is 5.64. The Hall–Kier alpha value is -2.07. The van der Waals surface area contributed by atoms with Crippen molar-refractivity contribution in [3.05, 3.63) is 64.3 Å². The summed E-state index contributed by atoms with van der Waals surface area (Å²) in [5, 5.41) is 1.41. The first-order valence-corrected chi connectivity index (χ1v) is 8.84. The van der Waals surface area contributed by atoms with Crippen LogP contribution >= 0.6 is 11.6 Å². The second kappa shape index (κ2) is 7.04. The summed E-state index contributed by atoms with van der Waals surface area (Å²) in [7, 11) is 1.59. The van der Waals surface area contributed by atoms with Crippen molar-refractivity contribution >= 4 is 49.1 Å². The number of carbonyl (C=O) groups excluding carboxylic acids is 2. The van der Waals surface area contributed by atoms with Crippen molar-refractivity contribution in [2.45, 2.75) is 13.3 Å². The van der Waals surface area contributed by atoms with Crippen LogP contribution in [0.2, 0.25) is 5.02 Å². The minimum absolute atomic E-state index is 0.0797. The van der Waals surface area contributed by atoms with Crippen LogP contribution in [-0.4, -0.2) is 38.3 Å². The Morgan fingerprint density at radius 3 is 2.44 bits per heavy atom. The Morgan fingerprint density at radius 1 is 1.16 bits per heavy atom. The van der Waals surface area contributed by atoms with Crippen LogP contribution in [0.3, 0.4) is 0 Å². The number of hydrogen-bond acceptors (Lipinski definition) is 3. The fourth-order valence-corrected chi connectivity index (χ4v) is 3.37. The van der Waals surface area contributed by atoms with Crippen molar-refractivity contribution in [2.24, 2.45) is 0 Å². The van der Waals surface area contributed by atoms with Gasteiger partial charge in [0.2, 0.25) is 0 Å². The van der Waals surface area contributed by atoms with E-state index in [-0.39, 0.29) is 17.0 Å². The van der Waals surface area contributed by atoms with Gasteiger partial charge >= 0.3 is 159 Å². The molecule has 1 heterocycles. The fourth-order valence-electron chi connectivity index (χ4n) is 2.94. The van der Waals surface area contributed by atoms with Gasteiger partial charge in [0.25, 0.3) is 0 Å². The van der Waals surface area contributed by atoms with Gasteiger partial charge in [-0.2, -0.15) is 0 Å². The van der Waals surface area contributed by atoms with Gasteiger partial charge in [0.1, 0.15) is 0 Å². The molecule has 1 aromatic heterocycles. The molecule has 0 unspecified atom stereocenters. The van der Waals surface area contributed by atoms with Gasteiger partial charge in [-0.1, -0.05) is 0 Å². The van der Waals surface area contributed by atoms with E-state index >= 15 is 0 Å². The average Bonchev–Trinajstić information content (AvgIpc) is 2.86. The van der Waals surface area contributed by atoms with E-state index in [0.29, 0.717) is 16.3 Å². The minimum atomic E-state index is -0.164. The molecular weight excluding hydrogens is 405 g/mol. The molecule has 0 N–H and O–H groups in total. The molecule has 6 heteroatoms. The van der Waals surface area contributed by atoms with E-state index in [1.165, 1.54) is 0 Å². The number of hydrogen-bond donors (Lipinski definition) is 0. The molecule has 4 nitrogen and oxygen atoms in total. The molecule has 0 bridgehead atoms. The summed E-state index contributed by atoms with van der Waals surface area (Å²) in [4.78, 5) is 24.7. The SMILES string of the molecule is COc1ccc2c(c1)c(CC(=O)[Se])c(C)n2C(=O)c1ccc(Cl)cc1. The van der Waals surface area contributed by atoms with Crippen molar-refractivity contribution in [3.8, 4) is 5.75 Å². The predicted octanol–water partition coefficient (Wildman–Crippen LogP) is 3.54. The first-order valence-electron chi connectivity index (χ1n) is 7.60. The molecule has 0 fully saturated rings. The zero-order valence-electron chi connectivity index (χ0n) is 13.7. The van der Waals surface area contributed by atoms with Crippen LogP contribution in [0.4, 0.5) is 0 Å². The molecular formula is C19H15ClNO3Se. The third-order valence-corrected chi connectivity index (χ3v) is 4.71. The van der Waals surface area contributed by atoms with Crippen molar-refractivity contribution in [3.63, 3.8) is 0 Å². The maximum atomic E-state index is 13.0. The summed E-state index contributed by atoms with van der Waals surface area (Å²) in [5.74, 6) is 0.514. The van der Waals surface area contributed by atoms with Crippen LogP contribution in [0.15, 0.2) is 42.5 Å². The van der Waals surface area contributed by atoms with E-state index in [1.54, 1.807) is 42.0 Å². The molecule has 0 spiro atoms. The maximum absolute atomic E-state index is 13.0.